The van der Waals surface area contributed by atoms with Crippen LogP contribution in [0.5, 0.6) is 0 Å². The minimum Gasteiger partial charge on any atom is -0.462 e. The zero-order valence-electron chi connectivity index (χ0n) is 48.6. The number of unbranched alkanes of at least 4 members (excludes halogenated alkanes) is 39. The highest BCUT2D eigenvalue weighted by atomic mass is 31.2. The predicted molar refractivity (Wildman–Crippen MR) is 317 cm³/mol. The van der Waals surface area contributed by atoms with E-state index in [0.29, 0.717) is 6.42 Å². The van der Waals surface area contributed by atoms with Crippen LogP contribution in [0.25, 0.3) is 0 Å². The van der Waals surface area contributed by atoms with Crippen LogP contribution in [-0.4, -0.2) is 49.3 Å². The van der Waals surface area contributed by atoms with E-state index in [0.717, 1.165) is 57.8 Å². The fraction of sp³-hybridized carbons (Fsp3) is 0.844. The first-order valence-electron chi connectivity index (χ1n) is 31.6. The highest BCUT2D eigenvalue weighted by Crippen LogP contribution is 2.43. The number of carbonyl (C=O) groups is 2. The number of hydrogen-bond acceptors (Lipinski definition) is 8. The molecule has 2 unspecified atom stereocenters. The average molecular weight is 1060 g/mol. The van der Waals surface area contributed by atoms with Crippen molar-refractivity contribution in [2.75, 3.05) is 26.4 Å². The summed E-state index contributed by atoms with van der Waals surface area (Å²) in [6, 6.07) is 0. The molecule has 0 saturated carbocycles. The van der Waals surface area contributed by atoms with Crippen molar-refractivity contribution in [3.05, 3.63) is 48.6 Å². The lowest BCUT2D eigenvalue weighted by atomic mass is 10.0. The van der Waals surface area contributed by atoms with Gasteiger partial charge in [-0.05, 0) is 77.0 Å². The van der Waals surface area contributed by atoms with Crippen molar-refractivity contribution in [1.29, 1.82) is 0 Å². The molecule has 0 saturated heterocycles. The minimum atomic E-state index is -4.39. The lowest BCUT2D eigenvalue weighted by Gasteiger charge is -2.19. The first-order chi connectivity index (χ1) is 36.3. The molecule has 74 heavy (non-hydrogen) atoms. The van der Waals surface area contributed by atoms with E-state index in [1.807, 2.05) is 0 Å². The Labute approximate surface area is 457 Å². The van der Waals surface area contributed by atoms with Gasteiger partial charge < -0.3 is 20.1 Å². The summed E-state index contributed by atoms with van der Waals surface area (Å²) < 4.78 is 33.1. The molecule has 0 aliphatic heterocycles. The van der Waals surface area contributed by atoms with Gasteiger partial charge in [-0.25, -0.2) is 4.57 Å². The summed E-state index contributed by atoms with van der Waals surface area (Å²) in [5.74, 6) is -0.823. The van der Waals surface area contributed by atoms with Crippen molar-refractivity contribution in [2.45, 2.75) is 322 Å². The third-order valence-electron chi connectivity index (χ3n) is 13.9. The van der Waals surface area contributed by atoms with E-state index in [2.05, 4.69) is 62.5 Å². The van der Waals surface area contributed by atoms with Crippen molar-refractivity contribution >= 4 is 19.8 Å². The van der Waals surface area contributed by atoms with Crippen molar-refractivity contribution in [2.24, 2.45) is 5.73 Å². The molecule has 0 bridgehead atoms. The number of nitrogens with two attached hydrogens (primary N) is 1. The lowest BCUT2D eigenvalue weighted by Crippen LogP contribution is -2.29. The topological polar surface area (TPSA) is 134 Å². The van der Waals surface area contributed by atoms with Crippen LogP contribution in [0.2, 0.25) is 0 Å². The molecular formula is C64H120NO8P. The van der Waals surface area contributed by atoms with Gasteiger partial charge in [-0.3, -0.25) is 18.6 Å². The molecule has 0 heterocycles. The Kier molecular flexibility index (Phi) is 58.6. The lowest BCUT2D eigenvalue weighted by molar-refractivity contribution is -0.161. The number of rotatable bonds is 60. The predicted octanol–water partition coefficient (Wildman–Crippen LogP) is 20.1. The number of hydrogen-bond donors (Lipinski definition) is 2. The summed E-state index contributed by atoms with van der Waals surface area (Å²) in [5, 5.41) is 0. The maximum Gasteiger partial charge on any atom is 0.472 e. The number of carbonyl (C=O) groups excluding carboxylic acids is 2. The van der Waals surface area contributed by atoms with E-state index < -0.39 is 26.5 Å². The van der Waals surface area contributed by atoms with Crippen LogP contribution in [0.4, 0.5) is 0 Å². The second-order valence-corrected chi connectivity index (χ2v) is 22.7. The Morgan fingerprint density at radius 3 is 1.04 bits per heavy atom. The van der Waals surface area contributed by atoms with Crippen LogP contribution >= 0.6 is 7.82 Å². The maximum atomic E-state index is 12.7. The molecule has 0 spiro atoms. The smallest absolute Gasteiger partial charge is 0.462 e. The average Bonchev–Trinajstić information content (AvgIpc) is 3.39. The number of allylic oxidation sites excluding steroid dienone is 8. The molecule has 2 atom stereocenters. The van der Waals surface area contributed by atoms with Gasteiger partial charge in [0.15, 0.2) is 6.10 Å². The second kappa shape index (κ2) is 60.2. The molecule has 9 nitrogen and oxygen atoms in total. The Bertz CT molecular complexity index is 1350. The van der Waals surface area contributed by atoms with Crippen LogP contribution in [0, 0.1) is 0 Å². The monoisotopic (exact) mass is 1060 g/mol. The van der Waals surface area contributed by atoms with Gasteiger partial charge >= 0.3 is 19.8 Å². The summed E-state index contributed by atoms with van der Waals surface area (Å²) in [5.41, 5.74) is 5.39. The molecule has 10 heteroatoms. The highest BCUT2D eigenvalue weighted by molar-refractivity contribution is 7.47. The molecule has 0 radical (unpaired) electrons. The Morgan fingerprint density at radius 1 is 0.405 bits per heavy atom. The number of ether oxygens (including phenoxy) is 2. The molecule has 0 aromatic heterocycles. The van der Waals surface area contributed by atoms with Gasteiger partial charge in [-0.2, -0.15) is 0 Å². The maximum absolute atomic E-state index is 12.7. The molecule has 434 valence electrons. The van der Waals surface area contributed by atoms with Gasteiger partial charge in [0, 0.05) is 19.4 Å². The highest BCUT2D eigenvalue weighted by Gasteiger charge is 2.26. The summed E-state index contributed by atoms with van der Waals surface area (Å²) in [4.78, 5) is 35.2. The summed E-state index contributed by atoms with van der Waals surface area (Å²) in [6.45, 7) is 3.75. The normalized spacial score (nSPS) is 13.3. The Balaban J connectivity index is 3.83. The summed E-state index contributed by atoms with van der Waals surface area (Å²) in [7, 11) is -4.39. The van der Waals surface area contributed by atoms with E-state index in [9.17, 15) is 19.0 Å². The van der Waals surface area contributed by atoms with E-state index >= 15 is 0 Å². The fourth-order valence-corrected chi connectivity index (χ4v) is 9.99. The van der Waals surface area contributed by atoms with E-state index in [1.54, 1.807) is 0 Å². The standard InChI is InChI=1S/C64H120NO8P/c1-3-5-7-9-11-13-15-17-19-21-23-24-25-26-27-28-29-30-31-32-33-34-35-36-37-38-39-41-43-45-47-49-51-53-55-57-64(67)73-62(61-72-74(68,69)71-59-58-65)60-70-63(66)56-54-52-50-48-46-44-42-40-22-20-18-16-14-12-10-8-6-4-2/h14-17,20-23,62H,3-13,18-19,24-61,65H2,1-2H3,(H,68,69)/b16-14-,17-15-,22-20-,23-21-. The van der Waals surface area contributed by atoms with Gasteiger partial charge in [0.05, 0.1) is 13.2 Å². The number of esters is 2. The third-order valence-corrected chi connectivity index (χ3v) is 14.9. The van der Waals surface area contributed by atoms with E-state index in [-0.39, 0.29) is 38.6 Å². The molecular weight excluding hydrogens is 942 g/mol. The molecule has 0 rings (SSSR count). The molecule has 0 amide bonds. The van der Waals surface area contributed by atoms with Gasteiger partial charge in [0.2, 0.25) is 0 Å². The van der Waals surface area contributed by atoms with E-state index in [4.69, 9.17) is 24.3 Å². The van der Waals surface area contributed by atoms with Crippen molar-refractivity contribution in [3.8, 4) is 0 Å². The first kappa shape index (κ1) is 72.0. The fourth-order valence-electron chi connectivity index (χ4n) is 9.23. The van der Waals surface area contributed by atoms with Gasteiger partial charge in [-0.15, -0.1) is 0 Å². The van der Waals surface area contributed by atoms with Crippen molar-refractivity contribution < 1.29 is 37.6 Å². The third kappa shape index (κ3) is 59.2. The first-order valence-corrected chi connectivity index (χ1v) is 33.1. The number of phosphoric acid groups is 1. The quantitative estimate of drug-likeness (QED) is 0.0264. The van der Waals surface area contributed by atoms with Gasteiger partial charge in [0.1, 0.15) is 6.61 Å². The molecule has 0 aliphatic rings. The van der Waals surface area contributed by atoms with Crippen molar-refractivity contribution in [1.82, 2.24) is 0 Å². The van der Waals surface area contributed by atoms with Gasteiger partial charge in [-0.1, -0.05) is 274 Å². The largest absolute Gasteiger partial charge is 0.472 e. The molecule has 0 fully saturated rings. The zero-order valence-corrected chi connectivity index (χ0v) is 49.5. The Morgan fingerprint density at radius 2 is 0.703 bits per heavy atom. The van der Waals surface area contributed by atoms with Crippen LogP contribution in [0.15, 0.2) is 48.6 Å². The van der Waals surface area contributed by atoms with Crippen LogP contribution in [0.1, 0.15) is 316 Å². The van der Waals surface area contributed by atoms with Crippen LogP contribution < -0.4 is 5.73 Å². The second-order valence-electron chi connectivity index (χ2n) is 21.3. The number of phosphoric ester groups is 1. The van der Waals surface area contributed by atoms with Crippen molar-refractivity contribution in [3.63, 3.8) is 0 Å². The molecule has 0 aliphatic carbocycles. The van der Waals surface area contributed by atoms with Crippen LogP contribution in [-0.2, 0) is 32.7 Å². The Hall–Kier alpha value is -2.03. The van der Waals surface area contributed by atoms with Gasteiger partial charge in [0.25, 0.3) is 0 Å². The molecule has 0 aromatic rings. The zero-order chi connectivity index (χ0) is 53.8. The van der Waals surface area contributed by atoms with Crippen LogP contribution in [0.3, 0.4) is 0 Å². The SMILES string of the molecule is CCCCCC/C=C\C/C=C\CCCCCCCCCC(=O)OCC(COP(=O)(O)OCCN)OC(=O)CCCCCCCCCCCCCCCCCCCCCCCCC/C=C\C/C=C\CCCCCCC. The molecule has 0 aromatic carbocycles. The minimum absolute atomic E-state index is 0.0530. The molecule has 3 N–H and O–H groups in total. The van der Waals surface area contributed by atoms with E-state index in [1.165, 1.54) is 225 Å². The summed E-state index contributed by atoms with van der Waals surface area (Å²) >= 11 is 0. The summed E-state index contributed by atoms with van der Waals surface area (Å²) in [6.07, 6.45) is 74.8.